The second kappa shape index (κ2) is 16.6. The van der Waals surface area contributed by atoms with Gasteiger partial charge in [0.15, 0.2) is 0 Å². The smallest absolute Gasteiger partial charge is 0.321 e. The summed E-state index contributed by atoms with van der Waals surface area (Å²) < 4.78 is 0. The van der Waals surface area contributed by atoms with Crippen LogP contribution in [0.15, 0.2) is 65.7 Å². The highest BCUT2D eigenvalue weighted by molar-refractivity contribution is 5.89. The van der Waals surface area contributed by atoms with Gasteiger partial charge < -0.3 is 25.3 Å². The molecule has 2 amide bonds. The molecule has 0 saturated carbocycles. The number of amides is 2. The third-order valence-electron chi connectivity index (χ3n) is 5.72. The number of urea groups is 1. The van der Waals surface area contributed by atoms with Crippen LogP contribution in [0.25, 0.3) is 0 Å². The number of hydrogen-bond donors (Lipinski definition) is 2. The minimum atomic E-state index is 0.00644. The number of isocyanates is 1. The Morgan fingerprint density at radius 2 is 1.38 bits per heavy atom. The van der Waals surface area contributed by atoms with E-state index in [-0.39, 0.29) is 6.03 Å². The molecule has 2 aliphatic rings. The van der Waals surface area contributed by atoms with Crippen molar-refractivity contribution in [2.45, 2.75) is 13.8 Å². The van der Waals surface area contributed by atoms with E-state index >= 15 is 0 Å². The summed E-state index contributed by atoms with van der Waals surface area (Å²) in [7, 11) is 0. The number of aliphatic imine (C=N–C) groups is 1. The van der Waals surface area contributed by atoms with Crippen molar-refractivity contribution in [1.82, 2.24) is 20.0 Å². The van der Waals surface area contributed by atoms with Crippen molar-refractivity contribution in [2.75, 3.05) is 70.8 Å². The molecule has 2 aromatic carbocycles. The first kappa shape index (κ1) is 27.2. The topological polar surface area (TPSA) is 80.3 Å². The lowest BCUT2D eigenvalue weighted by atomic mass is 10.3. The van der Waals surface area contributed by atoms with Gasteiger partial charge in [-0.15, -0.1) is 0 Å². The van der Waals surface area contributed by atoms with Crippen LogP contribution in [0.5, 0.6) is 0 Å². The molecule has 2 saturated heterocycles. The normalized spacial score (nSPS) is 16.1. The first-order valence-electron chi connectivity index (χ1n) is 12.1. The van der Waals surface area contributed by atoms with Crippen molar-refractivity contribution in [3.05, 3.63) is 60.7 Å². The number of likely N-dealkylation sites (N-methyl/N-ethyl adjacent to an activating group) is 2. The summed E-state index contributed by atoms with van der Waals surface area (Å²) in [4.78, 5) is 31.7. The molecule has 0 unspecified atom stereocenters. The fraction of sp³-hybridized carbons (Fsp3) is 0.462. The van der Waals surface area contributed by atoms with Gasteiger partial charge in [-0.25, -0.2) is 9.59 Å². The van der Waals surface area contributed by atoms with Crippen LogP contribution in [0.3, 0.4) is 0 Å². The number of para-hydroxylation sites is 2. The summed E-state index contributed by atoms with van der Waals surface area (Å²) in [6.45, 7) is 15.0. The minimum Gasteiger partial charge on any atom is -0.322 e. The third kappa shape index (κ3) is 10.7. The monoisotopic (exact) mass is 466 g/mol. The summed E-state index contributed by atoms with van der Waals surface area (Å²) in [5, 5.41) is 6.22. The van der Waals surface area contributed by atoms with Crippen molar-refractivity contribution >= 4 is 23.5 Å². The summed E-state index contributed by atoms with van der Waals surface area (Å²) >= 11 is 0. The van der Waals surface area contributed by atoms with Crippen LogP contribution < -0.4 is 10.6 Å². The molecule has 2 aromatic rings. The zero-order valence-electron chi connectivity index (χ0n) is 20.4. The molecule has 0 atom stereocenters. The van der Waals surface area contributed by atoms with Gasteiger partial charge in [0.25, 0.3) is 0 Å². The largest absolute Gasteiger partial charge is 0.322 e. The van der Waals surface area contributed by atoms with Crippen molar-refractivity contribution in [2.24, 2.45) is 4.99 Å². The molecular weight excluding hydrogens is 428 g/mol. The van der Waals surface area contributed by atoms with Gasteiger partial charge in [0.05, 0.1) is 5.69 Å². The van der Waals surface area contributed by atoms with E-state index in [2.05, 4.69) is 39.3 Å². The lowest BCUT2D eigenvalue weighted by molar-refractivity contribution is 0.151. The average molecular weight is 467 g/mol. The number of nitrogens with one attached hydrogen (secondary N) is 2. The van der Waals surface area contributed by atoms with E-state index in [0.29, 0.717) is 5.69 Å². The second-order valence-electron chi connectivity index (χ2n) is 7.94. The van der Waals surface area contributed by atoms with Gasteiger partial charge in [0.2, 0.25) is 6.08 Å². The molecule has 0 spiro atoms. The molecular formula is C26H38N6O2. The predicted octanol–water partition coefficient (Wildman–Crippen LogP) is 3.42. The van der Waals surface area contributed by atoms with Crippen LogP contribution in [0.2, 0.25) is 0 Å². The van der Waals surface area contributed by atoms with E-state index in [0.717, 1.165) is 38.4 Å². The molecule has 0 aliphatic carbocycles. The highest BCUT2D eigenvalue weighted by Gasteiger charge is 2.19. The molecule has 4 rings (SSSR count). The Bertz CT molecular complexity index is 844. The standard InChI is InChI=1S/C13H19N3O.C7H5NO.C6H14N2/c1-2-15-8-10-16(11-9-15)13(17)14-12-6-4-3-5-7-12;9-6-8-7-4-2-1-3-5-7;1-2-8-5-3-7-4-6-8/h3-7H,2,8-11H2,1H3,(H,14,17);1-5H;7H,2-6H2,1H3. The highest BCUT2D eigenvalue weighted by atomic mass is 16.2. The maximum absolute atomic E-state index is 12.0. The zero-order valence-corrected chi connectivity index (χ0v) is 20.4. The maximum atomic E-state index is 12.0. The number of rotatable bonds is 4. The number of carbonyl (C=O) groups excluding carboxylic acids is 2. The van der Waals surface area contributed by atoms with Gasteiger partial charge in [0.1, 0.15) is 0 Å². The molecule has 2 heterocycles. The zero-order chi connectivity index (χ0) is 24.4. The maximum Gasteiger partial charge on any atom is 0.321 e. The van der Waals surface area contributed by atoms with Crippen LogP contribution in [0, 0.1) is 0 Å². The number of anilines is 1. The quantitative estimate of drug-likeness (QED) is 0.533. The SMILES string of the molecule is CCN1CCN(C(=O)Nc2ccccc2)CC1.CCN1CCNCC1.O=C=Nc1ccccc1. The number of piperazine rings is 2. The van der Waals surface area contributed by atoms with Crippen molar-refractivity contribution in [3.63, 3.8) is 0 Å². The van der Waals surface area contributed by atoms with Crippen LogP contribution in [0.1, 0.15) is 13.8 Å². The fourth-order valence-electron chi connectivity index (χ4n) is 3.57. The lowest BCUT2D eigenvalue weighted by Gasteiger charge is -2.33. The number of hydrogen-bond acceptors (Lipinski definition) is 6. The summed E-state index contributed by atoms with van der Waals surface area (Å²) in [6.07, 6.45) is 1.46. The van der Waals surface area contributed by atoms with Crippen molar-refractivity contribution < 1.29 is 9.59 Å². The molecule has 2 N–H and O–H groups in total. The van der Waals surface area contributed by atoms with Crippen LogP contribution in [-0.2, 0) is 4.79 Å². The molecule has 0 radical (unpaired) electrons. The Balaban J connectivity index is 0.000000201. The van der Waals surface area contributed by atoms with Crippen LogP contribution in [-0.4, -0.2) is 92.3 Å². The van der Waals surface area contributed by atoms with E-state index in [4.69, 9.17) is 0 Å². The molecule has 0 bridgehead atoms. The van der Waals surface area contributed by atoms with Gasteiger partial charge in [-0.2, -0.15) is 4.99 Å². The van der Waals surface area contributed by atoms with E-state index in [1.54, 1.807) is 12.1 Å². The third-order valence-corrected chi connectivity index (χ3v) is 5.72. The highest BCUT2D eigenvalue weighted by Crippen LogP contribution is 2.09. The molecule has 8 nitrogen and oxygen atoms in total. The first-order chi connectivity index (χ1) is 16.7. The number of carbonyl (C=O) groups is 1. The van der Waals surface area contributed by atoms with Gasteiger partial charge in [-0.1, -0.05) is 50.2 Å². The van der Waals surface area contributed by atoms with Gasteiger partial charge in [0, 0.05) is 58.0 Å². The molecule has 34 heavy (non-hydrogen) atoms. The van der Waals surface area contributed by atoms with Crippen LogP contribution in [0.4, 0.5) is 16.2 Å². The van der Waals surface area contributed by atoms with Crippen LogP contribution >= 0.6 is 0 Å². The Morgan fingerprint density at radius 1 is 0.853 bits per heavy atom. The van der Waals surface area contributed by atoms with Gasteiger partial charge in [-0.05, 0) is 37.4 Å². The molecule has 2 aliphatic heterocycles. The van der Waals surface area contributed by atoms with Gasteiger partial charge >= 0.3 is 6.03 Å². The summed E-state index contributed by atoms with van der Waals surface area (Å²) in [5.41, 5.74) is 1.50. The van der Waals surface area contributed by atoms with E-state index in [1.807, 2.05) is 53.4 Å². The van der Waals surface area contributed by atoms with Gasteiger partial charge in [-0.3, -0.25) is 0 Å². The lowest BCUT2D eigenvalue weighted by Crippen LogP contribution is -2.49. The summed E-state index contributed by atoms with van der Waals surface area (Å²) in [6, 6.07) is 18.6. The molecule has 184 valence electrons. The molecule has 2 fully saturated rings. The van der Waals surface area contributed by atoms with E-state index in [9.17, 15) is 9.59 Å². The minimum absolute atomic E-state index is 0.00644. The molecule has 0 aromatic heterocycles. The fourth-order valence-corrected chi connectivity index (χ4v) is 3.57. The predicted molar refractivity (Wildman–Crippen MR) is 138 cm³/mol. The number of benzene rings is 2. The Morgan fingerprint density at radius 3 is 1.88 bits per heavy atom. The van der Waals surface area contributed by atoms with E-state index in [1.165, 1.54) is 38.8 Å². The van der Waals surface area contributed by atoms with E-state index < -0.39 is 0 Å². The summed E-state index contributed by atoms with van der Waals surface area (Å²) in [5.74, 6) is 0. The first-order valence-corrected chi connectivity index (χ1v) is 12.1. The van der Waals surface area contributed by atoms with Crippen molar-refractivity contribution in [1.29, 1.82) is 0 Å². The average Bonchev–Trinajstić information content (AvgIpc) is 2.91. The molecule has 8 heteroatoms. The Kier molecular flexibility index (Phi) is 13.3. The Labute approximate surface area is 203 Å². The number of nitrogens with zero attached hydrogens (tertiary/aromatic N) is 4. The van der Waals surface area contributed by atoms with Crippen molar-refractivity contribution in [3.8, 4) is 0 Å². The Hall–Kier alpha value is -3.03. The second-order valence-corrected chi connectivity index (χ2v) is 7.94.